The Morgan fingerprint density at radius 2 is 1.19 bits per heavy atom. The Balaban J connectivity index is 1.40. The van der Waals surface area contributed by atoms with Gasteiger partial charge in [-0.2, -0.15) is 0 Å². The molecule has 3 aromatic rings. The molecular weight excluding hydrogens is 961 g/mol. The summed E-state index contributed by atoms with van der Waals surface area (Å²) < 4.78 is 0. The van der Waals surface area contributed by atoms with Crippen LogP contribution < -0.4 is 26.6 Å². The van der Waals surface area contributed by atoms with Crippen LogP contribution in [0.1, 0.15) is 53.7 Å². The van der Waals surface area contributed by atoms with Crippen molar-refractivity contribution in [2.24, 2.45) is 4.99 Å². The minimum Gasteiger partial charge on any atom is -0.481 e. The van der Waals surface area contributed by atoms with Crippen LogP contribution in [-0.4, -0.2) is 206 Å². The van der Waals surface area contributed by atoms with Crippen LogP contribution in [0, 0.1) is 0 Å². The van der Waals surface area contributed by atoms with E-state index in [1.54, 1.807) is 9.80 Å². The monoisotopic (exact) mass is 1020 g/mol. The third kappa shape index (κ3) is 21.0. The smallest absolute Gasteiger partial charge is 0.326 e. The molecule has 26 nitrogen and oxygen atoms in total. The number of aromatic nitrogens is 1. The molecule has 26 heteroatoms. The van der Waals surface area contributed by atoms with Gasteiger partial charge in [-0.3, -0.25) is 58.2 Å². The molecule has 0 saturated carbocycles. The van der Waals surface area contributed by atoms with E-state index in [-0.39, 0.29) is 109 Å². The van der Waals surface area contributed by atoms with Gasteiger partial charge in [-0.15, -0.1) is 0 Å². The number of pyridine rings is 1. The molecule has 0 bridgehead atoms. The van der Waals surface area contributed by atoms with Crippen molar-refractivity contribution < 1.29 is 78.6 Å². The maximum absolute atomic E-state index is 13.7. The van der Waals surface area contributed by atoms with Crippen molar-refractivity contribution >= 4 is 76.1 Å². The van der Waals surface area contributed by atoms with E-state index < -0.39 is 97.1 Å². The molecule has 2 unspecified atom stereocenters. The minimum absolute atomic E-state index is 0.0238. The molecule has 394 valence electrons. The highest BCUT2D eigenvalue weighted by Crippen LogP contribution is 2.17. The van der Waals surface area contributed by atoms with Gasteiger partial charge in [-0.1, -0.05) is 42.5 Å². The molecule has 0 saturated heterocycles. The molecule has 1 aromatic heterocycles. The SMILES string of the molecule is O=C(O)CC[C@H](NC(=O)NC(CCCCNC(=O)C(Cc1ccc2ccccc2c1)NC(=O)c1ccc(CNC(=O)/C2=N\CCN(CC(=O)O)CCN(CC(=O)O)CCN(CC(=O)O)C2)nc1)C(=O)O)C(=O)O. The van der Waals surface area contributed by atoms with Crippen LogP contribution >= 0.6 is 0 Å². The Morgan fingerprint density at radius 3 is 1.79 bits per heavy atom. The Morgan fingerprint density at radius 1 is 0.589 bits per heavy atom. The lowest BCUT2D eigenvalue weighted by molar-refractivity contribution is -0.141. The number of carbonyl (C=O) groups excluding carboxylic acids is 4. The predicted molar refractivity (Wildman–Crippen MR) is 258 cm³/mol. The first-order valence-electron chi connectivity index (χ1n) is 23.2. The van der Waals surface area contributed by atoms with Crippen molar-refractivity contribution in [1.29, 1.82) is 0 Å². The van der Waals surface area contributed by atoms with Crippen molar-refractivity contribution in [2.75, 3.05) is 72.0 Å². The molecule has 4 rings (SSSR count). The van der Waals surface area contributed by atoms with Crippen LogP contribution in [0.25, 0.3) is 10.8 Å². The molecule has 11 N–H and O–H groups in total. The Hall–Kier alpha value is -8.10. The van der Waals surface area contributed by atoms with Gasteiger partial charge in [0, 0.05) is 64.9 Å². The zero-order valence-corrected chi connectivity index (χ0v) is 39.7. The van der Waals surface area contributed by atoms with Crippen LogP contribution in [0.2, 0.25) is 0 Å². The fourth-order valence-corrected chi connectivity index (χ4v) is 7.56. The van der Waals surface area contributed by atoms with E-state index in [9.17, 15) is 73.5 Å². The number of carbonyl (C=O) groups is 10. The minimum atomic E-state index is -1.57. The average Bonchev–Trinajstić information content (AvgIpc) is 3.32. The number of carboxylic acid groups (broad SMARTS) is 6. The number of urea groups is 1. The largest absolute Gasteiger partial charge is 0.481 e. The van der Waals surface area contributed by atoms with Gasteiger partial charge < -0.3 is 57.2 Å². The Bertz CT molecular complexity index is 2490. The van der Waals surface area contributed by atoms with E-state index in [4.69, 9.17) is 5.11 Å². The fraction of sp³-hybridized carbons (Fsp3) is 0.447. The van der Waals surface area contributed by atoms with Crippen LogP contribution in [0.3, 0.4) is 0 Å². The first kappa shape index (κ1) is 57.5. The summed E-state index contributed by atoms with van der Waals surface area (Å²) in [5.74, 6) is -9.50. The lowest BCUT2D eigenvalue weighted by atomic mass is 10.0. The standard InChI is InChI=1S/C47H60N10O16/c58-38(59)13-12-35(46(71)72)54-47(73)53-34(45(69)70)7-3-4-14-49-43(67)36(22-29-8-9-30-5-1-2-6-31(30)21-29)52-42(66)32-10-11-33(50-23-32)24-51-44(68)37-25-57(28-41(64)65)20-19-56(27-40(62)63)18-17-55(16-15-48-37)26-39(60)61/h1-2,5-6,8-11,21,23,34-36H,3-4,7,12-20,22,24-28H2,(H,49,67)(H,51,68)(H,52,66)(H,58,59)(H,60,61)(H,62,63)(H,64,65)(H,69,70)(H,71,72)(H2,53,54,73)/b48-37-/t34?,35-,36?/m0/s1. The normalized spacial score (nSPS) is 15.9. The molecule has 0 radical (unpaired) electrons. The lowest BCUT2D eigenvalue weighted by Gasteiger charge is -2.29. The van der Waals surface area contributed by atoms with Crippen molar-refractivity contribution in [1.82, 2.24) is 46.3 Å². The second-order valence-electron chi connectivity index (χ2n) is 17.0. The number of rotatable bonds is 26. The molecule has 0 fully saturated rings. The number of carboxylic acids is 6. The van der Waals surface area contributed by atoms with Gasteiger partial charge in [0.25, 0.3) is 11.8 Å². The first-order valence-corrected chi connectivity index (χ1v) is 23.2. The van der Waals surface area contributed by atoms with Gasteiger partial charge in [0.15, 0.2) is 0 Å². The van der Waals surface area contributed by atoms with Crippen molar-refractivity contribution in [2.45, 2.75) is 63.2 Å². The summed E-state index contributed by atoms with van der Waals surface area (Å²) in [4.78, 5) is 136. The predicted octanol–water partition coefficient (Wildman–Crippen LogP) is -0.837. The number of nitrogens with zero attached hydrogens (tertiary/aromatic N) is 5. The summed E-state index contributed by atoms with van der Waals surface area (Å²) in [5.41, 5.74) is 1.04. The van der Waals surface area contributed by atoms with Crippen LogP contribution in [-0.2, 0) is 51.3 Å². The third-order valence-electron chi connectivity index (χ3n) is 11.4. The van der Waals surface area contributed by atoms with Gasteiger partial charge >= 0.3 is 41.8 Å². The van der Waals surface area contributed by atoms with Gasteiger partial charge in [0.2, 0.25) is 5.91 Å². The number of amides is 5. The highest BCUT2D eigenvalue weighted by Gasteiger charge is 2.27. The highest BCUT2D eigenvalue weighted by atomic mass is 16.4. The van der Waals surface area contributed by atoms with E-state index in [1.807, 2.05) is 42.5 Å². The molecule has 1 aliphatic heterocycles. The van der Waals surface area contributed by atoms with Gasteiger partial charge in [0.1, 0.15) is 23.8 Å². The molecule has 0 aliphatic carbocycles. The zero-order chi connectivity index (χ0) is 53.5. The summed E-state index contributed by atoms with van der Waals surface area (Å²) in [7, 11) is 0. The summed E-state index contributed by atoms with van der Waals surface area (Å²) in [6, 6.07) is 10.8. The van der Waals surface area contributed by atoms with Crippen molar-refractivity contribution in [3.63, 3.8) is 0 Å². The maximum atomic E-state index is 13.7. The Labute approximate surface area is 417 Å². The number of nitrogens with one attached hydrogen (secondary N) is 5. The second kappa shape index (κ2) is 29.3. The molecule has 5 amide bonds. The summed E-state index contributed by atoms with van der Waals surface area (Å²) in [6.45, 7) is -0.921. The van der Waals surface area contributed by atoms with E-state index in [0.717, 1.165) is 16.3 Å². The van der Waals surface area contributed by atoms with E-state index in [0.29, 0.717) is 5.69 Å². The number of aliphatic imine (C=N–C) groups is 1. The topological polar surface area (TPSA) is 387 Å². The van der Waals surface area contributed by atoms with E-state index >= 15 is 0 Å². The fourth-order valence-electron chi connectivity index (χ4n) is 7.56. The Kier molecular flexibility index (Phi) is 23.1. The van der Waals surface area contributed by atoms with E-state index in [2.05, 4.69) is 36.6 Å². The molecule has 2 heterocycles. The van der Waals surface area contributed by atoms with Crippen LogP contribution in [0.15, 0.2) is 65.8 Å². The maximum Gasteiger partial charge on any atom is 0.326 e. The summed E-state index contributed by atoms with van der Waals surface area (Å²) >= 11 is 0. The zero-order valence-electron chi connectivity index (χ0n) is 39.7. The molecule has 1 aliphatic rings. The van der Waals surface area contributed by atoms with E-state index in [1.165, 1.54) is 23.2 Å². The number of aliphatic carboxylic acids is 6. The molecule has 2 aromatic carbocycles. The lowest BCUT2D eigenvalue weighted by Crippen LogP contribution is -2.51. The number of hydrogen-bond donors (Lipinski definition) is 11. The summed E-state index contributed by atoms with van der Waals surface area (Å²) in [5, 5.41) is 70.5. The number of hydrogen-bond acceptors (Lipinski definition) is 15. The third-order valence-corrected chi connectivity index (χ3v) is 11.4. The van der Waals surface area contributed by atoms with Crippen LogP contribution in [0.4, 0.5) is 4.79 Å². The quantitative estimate of drug-likeness (QED) is 0.0437. The summed E-state index contributed by atoms with van der Waals surface area (Å²) in [6.07, 6.45) is 0.642. The van der Waals surface area contributed by atoms with Gasteiger partial charge in [-0.25, -0.2) is 14.4 Å². The average molecular weight is 1020 g/mol. The molecule has 3 atom stereocenters. The van der Waals surface area contributed by atoms with Crippen LogP contribution in [0.5, 0.6) is 0 Å². The number of unbranched alkanes of at least 4 members (excludes halogenated alkanes) is 1. The van der Waals surface area contributed by atoms with Gasteiger partial charge in [-0.05, 0) is 54.2 Å². The molecule has 73 heavy (non-hydrogen) atoms. The number of benzene rings is 2. The second-order valence-corrected chi connectivity index (χ2v) is 17.0. The molecular formula is C47H60N10O16. The van der Waals surface area contributed by atoms with Crippen molar-refractivity contribution in [3.8, 4) is 0 Å². The number of fused-ring (bicyclic) bond motifs is 1. The first-order chi connectivity index (χ1) is 34.8. The molecule has 0 spiro atoms. The van der Waals surface area contributed by atoms with Crippen molar-refractivity contribution in [3.05, 3.63) is 77.6 Å². The highest BCUT2D eigenvalue weighted by molar-refractivity contribution is 6.39. The van der Waals surface area contributed by atoms with Gasteiger partial charge in [0.05, 0.1) is 44.0 Å².